The highest BCUT2D eigenvalue weighted by molar-refractivity contribution is 6.60. The number of benzene rings is 5. The number of hydrogen-bond donors (Lipinski definition) is 2. The summed E-state index contributed by atoms with van der Waals surface area (Å²) in [6.07, 6.45) is 0. The van der Waals surface area contributed by atoms with E-state index in [1.54, 1.807) is 0 Å². The zero-order valence-electron chi connectivity index (χ0n) is 18.8. The lowest BCUT2D eigenvalue weighted by Crippen LogP contribution is -2.33. The summed E-state index contributed by atoms with van der Waals surface area (Å²) < 4.78 is 4.39. The molecule has 0 saturated heterocycles. The van der Waals surface area contributed by atoms with Gasteiger partial charge in [-0.05, 0) is 36.4 Å². The first kappa shape index (κ1) is 20.1. The van der Waals surface area contributed by atoms with E-state index in [-0.39, 0.29) is 0 Å². The quantitative estimate of drug-likeness (QED) is 0.345. The van der Waals surface area contributed by atoms with E-state index in [0.717, 1.165) is 55.0 Å². The third kappa shape index (κ3) is 2.89. The molecule has 35 heavy (non-hydrogen) atoms. The minimum Gasteiger partial charge on any atom is -0.423 e. The smallest absolute Gasteiger partial charge is 0.423 e. The van der Waals surface area contributed by atoms with Gasteiger partial charge in [-0.3, -0.25) is 0 Å². The minimum atomic E-state index is -1.62. The van der Waals surface area contributed by atoms with Gasteiger partial charge in [0.05, 0.1) is 22.1 Å². The van der Waals surface area contributed by atoms with Crippen molar-refractivity contribution < 1.29 is 10.0 Å². The predicted octanol–water partition coefficient (Wildman–Crippen LogP) is 5.56. The number of para-hydroxylation sites is 4. The van der Waals surface area contributed by atoms with Crippen molar-refractivity contribution in [1.82, 2.24) is 9.13 Å². The lowest BCUT2D eigenvalue weighted by molar-refractivity contribution is 0.425. The molecule has 5 heteroatoms. The van der Waals surface area contributed by atoms with Gasteiger partial charge in [-0.15, -0.1) is 0 Å². The first-order chi connectivity index (χ1) is 17.2. The topological polar surface area (TPSA) is 50.3 Å². The van der Waals surface area contributed by atoms with Crippen LogP contribution in [0.15, 0.2) is 115 Å². The van der Waals surface area contributed by atoms with E-state index >= 15 is 0 Å². The van der Waals surface area contributed by atoms with Crippen molar-refractivity contribution in [3.8, 4) is 11.4 Å². The second-order valence-electron chi connectivity index (χ2n) is 8.86. The normalized spacial score (nSPS) is 11.7. The molecule has 7 rings (SSSR count). The molecule has 0 fully saturated rings. The van der Waals surface area contributed by atoms with Crippen LogP contribution >= 0.6 is 0 Å². The second-order valence-corrected chi connectivity index (χ2v) is 8.86. The Bertz CT molecular complexity index is 1830. The Hall–Kier alpha value is -4.32. The van der Waals surface area contributed by atoms with Gasteiger partial charge in [-0.2, -0.15) is 0 Å². The fraction of sp³-hybridized carbons (Fsp3) is 0. The molecule has 0 aliphatic carbocycles. The second kappa shape index (κ2) is 7.60. The molecule has 0 aliphatic heterocycles. The van der Waals surface area contributed by atoms with E-state index in [4.69, 9.17) is 0 Å². The van der Waals surface area contributed by atoms with E-state index in [1.165, 1.54) is 0 Å². The molecular weight excluding hydrogens is 431 g/mol. The van der Waals surface area contributed by atoms with Crippen LogP contribution in [0.3, 0.4) is 0 Å². The number of fused-ring (bicyclic) bond motifs is 6. The summed E-state index contributed by atoms with van der Waals surface area (Å²) in [5.41, 5.74) is 6.42. The summed E-state index contributed by atoms with van der Waals surface area (Å²) in [5, 5.41) is 25.4. The molecule has 0 aliphatic rings. The van der Waals surface area contributed by atoms with Gasteiger partial charge in [-0.25, -0.2) is 0 Å². The van der Waals surface area contributed by atoms with Gasteiger partial charge >= 0.3 is 7.12 Å². The van der Waals surface area contributed by atoms with Crippen molar-refractivity contribution in [2.75, 3.05) is 0 Å². The zero-order chi connectivity index (χ0) is 23.5. The highest BCUT2D eigenvalue weighted by atomic mass is 16.4. The number of rotatable bonds is 3. The third-order valence-corrected chi connectivity index (χ3v) is 6.93. The number of aromatic nitrogens is 2. The van der Waals surface area contributed by atoms with Gasteiger partial charge in [0, 0.05) is 38.4 Å². The summed E-state index contributed by atoms with van der Waals surface area (Å²) in [5.74, 6) is 0. The van der Waals surface area contributed by atoms with E-state index in [0.29, 0.717) is 5.46 Å². The van der Waals surface area contributed by atoms with Crippen molar-refractivity contribution in [3.05, 3.63) is 115 Å². The van der Waals surface area contributed by atoms with Crippen LogP contribution in [0, 0.1) is 0 Å². The molecule has 0 saturated carbocycles. The van der Waals surface area contributed by atoms with Crippen LogP contribution in [0.2, 0.25) is 0 Å². The molecule has 5 aromatic carbocycles. The monoisotopic (exact) mass is 452 g/mol. The standard InChI is InChI=1S/C30H21BN2O2/c34-31(35)25-18-24-23-14-6-7-15-26(23)32(20-10-2-1-3-11-20)29(24)19-30(25)33-27-16-8-4-12-21(27)22-13-5-9-17-28(22)33/h1-19,34-35H. The van der Waals surface area contributed by atoms with Crippen LogP contribution in [0.4, 0.5) is 0 Å². The van der Waals surface area contributed by atoms with Crippen LogP contribution < -0.4 is 5.46 Å². The number of hydrogen-bond acceptors (Lipinski definition) is 2. The third-order valence-electron chi connectivity index (χ3n) is 6.93. The van der Waals surface area contributed by atoms with Crippen LogP contribution in [-0.4, -0.2) is 26.3 Å². The molecule has 0 amide bonds. The van der Waals surface area contributed by atoms with Gasteiger partial charge in [0.1, 0.15) is 0 Å². The summed E-state index contributed by atoms with van der Waals surface area (Å²) >= 11 is 0. The minimum absolute atomic E-state index is 0.472. The lowest BCUT2D eigenvalue weighted by Gasteiger charge is -2.15. The Morgan fingerprint density at radius 2 is 0.943 bits per heavy atom. The van der Waals surface area contributed by atoms with E-state index in [1.807, 2.05) is 60.7 Å². The van der Waals surface area contributed by atoms with E-state index < -0.39 is 7.12 Å². The molecule has 4 nitrogen and oxygen atoms in total. The molecule has 2 N–H and O–H groups in total. The van der Waals surface area contributed by atoms with Crippen LogP contribution in [-0.2, 0) is 0 Å². The Morgan fingerprint density at radius 1 is 0.457 bits per heavy atom. The van der Waals surface area contributed by atoms with Gasteiger partial charge < -0.3 is 19.2 Å². The molecule has 0 bridgehead atoms. The summed E-state index contributed by atoms with van der Waals surface area (Å²) in [4.78, 5) is 0. The van der Waals surface area contributed by atoms with Gasteiger partial charge in [-0.1, -0.05) is 78.9 Å². The molecule has 2 heterocycles. The SMILES string of the molecule is OB(O)c1cc2c3ccccc3n(-c3ccccc3)c2cc1-n1c2ccccc2c2ccccc21. The predicted molar refractivity (Wildman–Crippen MR) is 145 cm³/mol. The highest BCUT2D eigenvalue weighted by Gasteiger charge is 2.24. The summed E-state index contributed by atoms with van der Waals surface area (Å²) in [6.45, 7) is 0. The maximum atomic E-state index is 10.5. The lowest BCUT2D eigenvalue weighted by atomic mass is 9.78. The first-order valence-electron chi connectivity index (χ1n) is 11.7. The molecule has 2 aromatic heterocycles. The molecule has 7 aromatic rings. The summed E-state index contributed by atoms with van der Waals surface area (Å²) in [7, 11) is -1.62. The van der Waals surface area contributed by atoms with Gasteiger partial charge in [0.25, 0.3) is 0 Å². The average molecular weight is 452 g/mol. The van der Waals surface area contributed by atoms with E-state index in [2.05, 4.69) is 63.7 Å². The Morgan fingerprint density at radius 3 is 1.51 bits per heavy atom. The van der Waals surface area contributed by atoms with E-state index in [9.17, 15) is 10.0 Å². The van der Waals surface area contributed by atoms with Crippen molar-refractivity contribution in [2.45, 2.75) is 0 Å². The molecule has 0 atom stereocenters. The van der Waals surface area contributed by atoms with Crippen LogP contribution in [0.1, 0.15) is 0 Å². The Kier molecular flexibility index (Phi) is 4.36. The molecular formula is C30H21BN2O2. The van der Waals surface area contributed by atoms with Crippen LogP contribution in [0.5, 0.6) is 0 Å². The first-order valence-corrected chi connectivity index (χ1v) is 11.7. The molecule has 166 valence electrons. The molecule has 0 unspecified atom stereocenters. The fourth-order valence-corrected chi connectivity index (χ4v) is 5.46. The molecule has 0 spiro atoms. The maximum absolute atomic E-state index is 10.5. The van der Waals surface area contributed by atoms with Gasteiger partial charge in [0.2, 0.25) is 0 Å². The number of nitrogens with zero attached hydrogens (tertiary/aromatic N) is 2. The van der Waals surface area contributed by atoms with Crippen molar-refractivity contribution in [2.24, 2.45) is 0 Å². The Balaban J connectivity index is 1.68. The van der Waals surface area contributed by atoms with Gasteiger partial charge in [0.15, 0.2) is 0 Å². The maximum Gasteiger partial charge on any atom is 0.490 e. The average Bonchev–Trinajstić information content (AvgIpc) is 3.41. The summed E-state index contributed by atoms with van der Waals surface area (Å²) in [6, 6.07) is 39.1. The van der Waals surface area contributed by atoms with Crippen LogP contribution in [0.25, 0.3) is 55.0 Å². The Labute approximate surface area is 202 Å². The fourth-order valence-electron chi connectivity index (χ4n) is 5.46. The van der Waals surface area contributed by atoms with Crippen molar-refractivity contribution >= 4 is 56.2 Å². The largest absolute Gasteiger partial charge is 0.490 e. The van der Waals surface area contributed by atoms with Crippen molar-refractivity contribution in [3.63, 3.8) is 0 Å². The highest BCUT2D eigenvalue weighted by Crippen LogP contribution is 2.36. The van der Waals surface area contributed by atoms with Crippen molar-refractivity contribution in [1.29, 1.82) is 0 Å². The zero-order valence-corrected chi connectivity index (χ0v) is 18.8. The molecule has 0 radical (unpaired) electrons.